The van der Waals surface area contributed by atoms with Crippen LogP contribution in [0.4, 0.5) is 5.69 Å². The van der Waals surface area contributed by atoms with Gasteiger partial charge < -0.3 is 5.32 Å². The summed E-state index contributed by atoms with van der Waals surface area (Å²) in [5.41, 5.74) is 5.34. The van der Waals surface area contributed by atoms with E-state index in [1.54, 1.807) is 17.8 Å². The molecule has 5 nitrogen and oxygen atoms in total. The highest BCUT2D eigenvalue weighted by Gasteiger charge is 2.11. The van der Waals surface area contributed by atoms with Gasteiger partial charge in [-0.25, -0.2) is 4.68 Å². The number of benzene rings is 3. The third-order valence-electron chi connectivity index (χ3n) is 4.56. The summed E-state index contributed by atoms with van der Waals surface area (Å²) in [7, 11) is 0. The van der Waals surface area contributed by atoms with Gasteiger partial charge in [0.15, 0.2) is 0 Å². The fourth-order valence-corrected chi connectivity index (χ4v) is 3.46. The minimum Gasteiger partial charge on any atom is -0.322 e. The molecule has 4 rings (SSSR count). The predicted molar refractivity (Wildman–Crippen MR) is 114 cm³/mol. The Balaban J connectivity index is 1.54. The smallest absolute Gasteiger partial charge is 0.255 e. The number of aromatic nitrogens is 3. The molecule has 0 spiro atoms. The highest BCUT2D eigenvalue weighted by molar-refractivity contribution is 7.98. The number of thioether (sulfide) groups is 1. The Hall–Kier alpha value is -3.12. The van der Waals surface area contributed by atoms with E-state index in [4.69, 9.17) is 0 Å². The Morgan fingerprint density at radius 2 is 1.89 bits per heavy atom. The van der Waals surface area contributed by atoms with E-state index in [0.29, 0.717) is 17.6 Å². The molecule has 0 unspecified atom stereocenters. The van der Waals surface area contributed by atoms with Crippen LogP contribution in [-0.2, 0) is 6.54 Å². The van der Waals surface area contributed by atoms with Crippen LogP contribution in [0.5, 0.6) is 0 Å². The molecule has 0 aliphatic carbocycles. The van der Waals surface area contributed by atoms with Gasteiger partial charge in [0.05, 0.1) is 12.1 Å². The highest BCUT2D eigenvalue weighted by Crippen LogP contribution is 2.20. The van der Waals surface area contributed by atoms with Crippen molar-refractivity contribution in [2.75, 3.05) is 11.6 Å². The maximum absolute atomic E-state index is 12.6. The molecule has 0 fully saturated rings. The summed E-state index contributed by atoms with van der Waals surface area (Å²) in [5.74, 6) is -0.159. The lowest BCUT2D eigenvalue weighted by molar-refractivity contribution is 0.102. The number of rotatable bonds is 5. The van der Waals surface area contributed by atoms with Gasteiger partial charge in [0.25, 0.3) is 5.91 Å². The SMILES string of the molecule is CSc1cccc(NC(=O)c2ccc3c(c2)nnn3Cc2ccc(C)cc2)c1. The van der Waals surface area contributed by atoms with Crippen LogP contribution in [0.2, 0.25) is 0 Å². The van der Waals surface area contributed by atoms with Crippen molar-refractivity contribution in [2.45, 2.75) is 18.4 Å². The molecule has 1 amide bonds. The molecule has 4 aromatic rings. The Morgan fingerprint density at radius 1 is 1.07 bits per heavy atom. The Bertz CT molecular complexity index is 1130. The average Bonchev–Trinajstić information content (AvgIpc) is 3.12. The summed E-state index contributed by atoms with van der Waals surface area (Å²) in [5, 5.41) is 11.4. The lowest BCUT2D eigenvalue weighted by atomic mass is 10.1. The van der Waals surface area contributed by atoms with E-state index >= 15 is 0 Å². The monoisotopic (exact) mass is 388 g/mol. The normalized spacial score (nSPS) is 10.9. The quantitative estimate of drug-likeness (QED) is 0.501. The van der Waals surface area contributed by atoms with E-state index in [1.165, 1.54) is 5.56 Å². The summed E-state index contributed by atoms with van der Waals surface area (Å²) in [6.45, 7) is 2.71. The van der Waals surface area contributed by atoms with E-state index in [1.807, 2.05) is 47.3 Å². The van der Waals surface area contributed by atoms with Gasteiger partial charge in [0.2, 0.25) is 0 Å². The van der Waals surface area contributed by atoms with Crippen LogP contribution in [-0.4, -0.2) is 27.2 Å². The standard InChI is InChI=1S/C22H20N4OS/c1-15-6-8-16(9-7-15)14-26-21-11-10-17(12-20(21)24-25-26)22(27)23-18-4-3-5-19(13-18)28-2/h3-13H,14H2,1-2H3,(H,23,27). The van der Waals surface area contributed by atoms with Gasteiger partial charge in [0.1, 0.15) is 5.52 Å². The van der Waals surface area contributed by atoms with Crippen molar-refractivity contribution in [3.8, 4) is 0 Å². The summed E-state index contributed by atoms with van der Waals surface area (Å²) in [6.07, 6.45) is 2.01. The van der Waals surface area contributed by atoms with Gasteiger partial charge in [-0.05, 0) is 55.1 Å². The maximum atomic E-state index is 12.6. The van der Waals surface area contributed by atoms with Crippen molar-refractivity contribution in [2.24, 2.45) is 0 Å². The molecule has 0 saturated carbocycles. The van der Waals surface area contributed by atoms with Crippen LogP contribution in [0.1, 0.15) is 21.5 Å². The zero-order valence-corrected chi connectivity index (χ0v) is 16.5. The molecular formula is C22H20N4OS. The number of amides is 1. The van der Waals surface area contributed by atoms with Crippen molar-refractivity contribution in [1.82, 2.24) is 15.0 Å². The molecular weight excluding hydrogens is 368 g/mol. The molecule has 140 valence electrons. The first-order valence-electron chi connectivity index (χ1n) is 8.96. The second-order valence-electron chi connectivity index (χ2n) is 6.62. The number of aryl methyl sites for hydroxylation is 1. The van der Waals surface area contributed by atoms with Crippen LogP contribution >= 0.6 is 11.8 Å². The Morgan fingerprint density at radius 3 is 2.68 bits per heavy atom. The minimum atomic E-state index is -0.159. The van der Waals surface area contributed by atoms with Crippen molar-refractivity contribution in [1.29, 1.82) is 0 Å². The number of fused-ring (bicyclic) bond motifs is 1. The molecule has 0 radical (unpaired) electrons. The third-order valence-corrected chi connectivity index (χ3v) is 5.28. The van der Waals surface area contributed by atoms with Crippen LogP contribution in [0, 0.1) is 6.92 Å². The number of hydrogen-bond acceptors (Lipinski definition) is 4. The number of hydrogen-bond donors (Lipinski definition) is 1. The molecule has 6 heteroatoms. The molecule has 0 bridgehead atoms. The van der Waals surface area contributed by atoms with E-state index < -0.39 is 0 Å². The largest absolute Gasteiger partial charge is 0.322 e. The van der Waals surface area contributed by atoms with Gasteiger partial charge in [0, 0.05) is 16.1 Å². The van der Waals surface area contributed by atoms with Gasteiger partial charge in [-0.15, -0.1) is 16.9 Å². The third kappa shape index (κ3) is 3.92. The zero-order chi connectivity index (χ0) is 19.5. The van der Waals surface area contributed by atoms with E-state index in [0.717, 1.165) is 21.7 Å². The highest BCUT2D eigenvalue weighted by atomic mass is 32.2. The number of carbonyl (C=O) groups is 1. The van der Waals surface area contributed by atoms with E-state index in [-0.39, 0.29) is 5.91 Å². The fraction of sp³-hybridized carbons (Fsp3) is 0.136. The first-order chi connectivity index (χ1) is 13.6. The van der Waals surface area contributed by atoms with Crippen molar-refractivity contribution in [3.63, 3.8) is 0 Å². The lowest BCUT2D eigenvalue weighted by Crippen LogP contribution is -2.11. The van der Waals surface area contributed by atoms with E-state index in [2.05, 4.69) is 46.8 Å². The van der Waals surface area contributed by atoms with Crippen LogP contribution in [0.3, 0.4) is 0 Å². The van der Waals surface area contributed by atoms with Gasteiger partial charge in [-0.3, -0.25) is 4.79 Å². The number of nitrogens with zero attached hydrogens (tertiary/aromatic N) is 3. The summed E-state index contributed by atoms with van der Waals surface area (Å²) in [6, 6.07) is 21.6. The molecule has 0 atom stereocenters. The van der Waals surface area contributed by atoms with E-state index in [9.17, 15) is 4.79 Å². The Kier molecular flexibility index (Phi) is 5.12. The lowest BCUT2D eigenvalue weighted by Gasteiger charge is -2.07. The van der Waals surface area contributed by atoms with Gasteiger partial charge >= 0.3 is 0 Å². The first kappa shape index (κ1) is 18.3. The summed E-state index contributed by atoms with van der Waals surface area (Å²) in [4.78, 5) is 13.7. The Labute approximate surface area is 167 Å². The first-order valence-corrected chi connectivity index (χ1v) is 10.2. The molecule has 1 aromatic heterocycles. The molecule has 0 aliphatic heterocycles. The second-order valence-corrected chi connectivity index (χ2v) is 7.50. The number of carbonyl (C=O) groups excluding carboxylic acids is 1. The molecule has 3 aromatic carbocycles. The predicted octanol–water partition coefficient (Wildman–Crippen LogP) is 4.76. The summed E-state index contributed by atoms with van der Waals surface area (Å²) < 4.78 is 1.85. The molecule has 1 N–H and O–H groups in total. The zero-order valence-electron chi connectivity index (χ0n) is 15.7. The van der Waals surface area contributed by atoms with Crippen LogP contribution < -0.4 is 5.32 Å². The molecule has 28 heavy (non-hydrogen) atoms. The number of nitrogens with one attached hydrogen (secondary N) is 1. The van der Waals surface area contributed by atoms with Crippen LogP contribution in [0.15, 0.2) is 71.6 Å². The number of anilines is 1. The summed E-state index contributed by atoms with van der Waals surface area (Å²) >= 11 is 1.64. The van der Waals surface area contributed by atoms with Crippen molar-refractivity contribution >= 4 is 34.4 Å². The van der Waals surface area contributed by atoms with Crippen molar-refractivity contribution < 1.29 is 4.79 Å². The molecule has 0 saturated heterocycles. The fourth-order valence-electron chi connectivity index (χ4n) is 3.00. The maximum Gasteiger partial charge on any atom is 0.255 e. The molecule has 1 heterocycles. The van der Waals surface area contributed by atoms with Crippen LogP contribution in [0.25, 0.3) is 11.0 Å². The second kappa shape index (κ2) is 7.86. The van der Waals surface area contributed by atoms with Gasteiger partial charge in [-0.1, -0.05) is 41.1 Å². The minimum absolute atomic E-state index is 0.159. The van der Waals surface area contributed by atoms with Crippen molar-refractivity contribution in [3.05, 3.63) is 83.4 Å². The van der Waals surface area contributed by atoms with Gasteiger partial charge in [-0.2, -0.15) is 0 Å². The topological polar surface area (TPSA) is 59.8 Å². The average molecular weight is 388 g/mol. The molecule has 0 aliphatic rings.